The first kappa shape index (κ1) is 7.09. The van der Waals surface area contributed by atoms with Crippen LogP contribution >= 0.6 is 0 Å². The number of aromatic hydroxyl groups is 1. The Morgan fingerprint density at radius 2 is 2.42 bits per heavy atom. The van der Waals surface area contributed by atoms with Gasteiger partial charge in [-0.2, -0.15) is 0 Å². The van der Waals surface area contributed by atoms with Gasteiger partial charge in [0.05, 0.1) is 0 Å². The normalized spacial score (nSPS) is 15.2. The lowest BCUT2D eigenvalue weighted by atomic mass is 10.3. The van der Waals surface area contributed by atoms with Gasteiger partial charge in [0.1, 0.15) is 12.0 Å². The SMILES string of the molecule is Oc1ccc(CC2=COCO2)[nH]1. The van der Waals surface area contributed by atoms with E-state index in [0.29, 0.717) is 13.2 Å². The van der Waals surface area contributed by atoms with Gasteiger partial charge in [-0.05, 0) is 12.1 Å². The molecule has 0 amide bonds. The molecule has 0 spiro atoms. The van der Waals surface area contributed by atoms with Crippen molar-refractivity contribution in [1.29, 1.82) is 0 Å². The number of ether oxygens (including phenoxy) is 2. The first-order chi connectivity index (χ1) is 5.84. The largest absolute Gasteiger partial charge is 0.495 e. The third-order valence-electron chi connectivity index (χ3n) is 1.62. The molecule has 0 saturated carbocycles. The zero-order chi connectivity index (χ0) is 8.39. The van der Waals surface area contributed by atoms with E-state index in [9.17, 15) is 0 Å². The summed E-state index contributed by atoms with van der Waals surface area (Å²) in [4.78, 5) is 2.78. The summed E-state index contributed by atoms with van der Waals surface area (Å²) in [5, 5.41) is 8.98. The average molecular weight is 167 g/mol. The molecular formula is C8H9NO3. The zero-order valence-corrected chi connectivity index (χ0v) is 6.41. The number of H-pyrrole nitrogens is 1. The molecule has 2 N–H and O–H groups in total. The van der Waals surface area contributed by atoms with E-state index in [1.54, 1.807) is 18.4 Å². The topological polar surface area (TPSA) is 54.5 Å². The van der Waals surface area contributed by atoms with Crippen LogP contribution in [0.4, 0.5) is 0 Å². The number of nitrogens with one attached hydrogen (secondary N) is 1. The Morgan fingerprint density at radius 1 is 1.50 bits per heavy atom. The van der Waals surface area contributed by atoms with Gasteiger partial charge in [-0.1, -0.05) is 0 Å². The molecule has 0 saturated heterocycles. The van der Waals surface area contributed by atoms with Crippen LogP contribution in [-0.4, -0.2) is 16.9 Å². The number of aromatic nitrogens is 1. The molecule has 0 radical (unpaired) electrons. The van der Waals surface area contributed by atoms with Gasteiger partial charge in [0.25, 0.3) is 0 Å². The fraction of sp³-hybridized carbons (Fsp3) is 0.250. The van der Waals surface area contributed by atoms with Gasteiger partial charge in [-0.25, -0.2) is 0 Å². The molecule has 0 aliphatic carbocycles. The lowest BCUT2D eigenvalue weighted by molar-refractivity contribution is 0.0789. The van der Waals surface area contributed by atoms with E-state index in [4.69, 9.17) is 14.6 Å². The Balaban J connectivity index is 2.03. The van der Waals surface area contributed by atoms with Crippen LogP contribution in [0.5, 0.6) is 5.88 Å². The van der Waals surface area contributed by atoms with E-state index in [-0.39, 0.29) is 5.88 Å². The second-order valence-electron chi connectivity index (χ2n) is 2.56. The molecule has 0 fully saturated rings. The lowest BCUT2D eigenvalue weighted by Gasteiger charge is -1.97. The molecule has 2 rings (SSSR count). The Labute approximate surface area is 69.4 Å². The van der Waals surface area contributed by atoms with Crippen LogP contribution < -0.4 is 0 Å². The molecule has 12 heavy (non-hydrogen) atoms. The molecule has 64 valence electrons. The number of rotatable bonds is 2. The molecule has 1 aromatic heterocycles. The summed E-state index contributed by atoms with van der Waals surface area (Å²) in [5.74, 6) is 0.946. The fourth-order valence-electron chi connectivity index (χ4n) is 1.08. The van der Waals surface area contributed by atoms with Gasteiger partial charge in [-0.3, -0.25) is 0 Å². The highest BCUT2D eigenvalue weighted by molar-refractivity contribution is 5.19. The number of hydrogen-bond donors (Lipinski definition) is 2. The maximum atomic E-state index is 8.98. The van der Waals surface area contributed by atoms with Crippen LogP contribution in [-0.2, 0) is 15.9 Å². The summed E-state index contributed by atoms with van der Waals surface area (Å²) >= 11 is 0. The van der Waals surface area contributed by atoms with Gasteiger partial charge in [0.15, 0.2) is 5.88 Å². The molecule has 0 atom stereocenters. The minimum Gasteiger partial charge on any atom is -0.495 e. The zero-order valence-electron chi connectivity index (χ0n) is 6.41. The summed E-state index contributed by atoms with van der Waals surface area (Å²) < 4.78 is 9.98. The van der Waals surface area contributed by atoms with Crippen LogP contribution in [0.3, 0.4) is 0 Å². The van der Waals surface area contributed by atoms with E-state index < -0.39 is 0 Å². The van der Waals surface area contributed by atoms with E-state index in [1.807, 2.05) is 0 Å². The van der Waals surface area contributed by atoms with Gasteiger partial charge in [0.2, 0.25) is 6.79 Å². The van der Waals surface area contributed by atoms with Crippen molar-refractivity contribution in [2.75, 3.05) is 6.79 Å². The van der Waals surface area contributed by atoms with E-state index in [0.717, 1.165) is 11.5 Å². The van der Waals surface area contributed by atoms with Crippen molar-refractivity contribution in [3.63, 3.8) is 0 Å². The highest BCUT2D eigenvalue weighted by atomic mass is 16.7. The highest BCUT2D eigenvalue weighted by Crippen LogP contribution is 2.15. The van der Waals surface area contributed by atoms with Crippen molar-refractivity contribution in [1.82, 2.24) is 4.98 Å². The van der Waals surface area contributed by atoms with Crippen LogP contribution in [0.1, 0.15) is 5.69 Å². The number of aromatic amines is 1. The Bertz CT molecular complexity index is 303. The van der Waals surface area contributed by atoms with Gasteiger partial charge in [0, 0.05) is 12.1 Å². The highest BCUT2D eigenvalue weighted by Gasteiger charge is 2.08. The molecule has 2 heterocycles. The van der Waals surface area contributed by atoms with Gasteiger partial charge in [-0.15, -0.1) is 0 Å². The predicted molar refractivity (Wildman–Crippen MR) is 41.3 cm³/mol. The maximum absolute atomic E-state index is 8.98. The van der Waals surface area contributed by atoms with Crippen molar-refractivity contribution >= 4 is 0 Å². The van der Waals surface area contributed by atoms with Crippen LogP contribution in [0.2, 0.25) is 0 Å². The lowest BCUT2D eigenvalue weighted by Crippen LogP contribution is -1.91. The summed E-state index contributed by atoms with van der Waals surface area (Å²) in [6.07, 6.45) is 2.21. The Hall–Kier alpha value is -1.58. The summed E-state index contributed by atoms with van der Waals surface area (Å²) in [7, 11) is 0. The standard InChI is InChI=1S/C8H9NO3/c10-8-2-1-6(9-8)3-7-4-11-5-12-7/h1-2,4,9-10H,3,5H2. The van der Waals surface area contributed by atoms with Crippen molar-refractivity contribution in [2.45, 2.75) is 6.42 Å². The van der Waals surface area contributed by atoms with Crippen LogP contribution in [0.25, 0.3) is 0 Å². The molecule has 1 aromatic rings. The van der Waals surface area contributed by atoms with Gasteiger partial charge >= 0.3 is 0 Å². The molecule has 1 aliphatic rings. The smallest absolute Gasteiger partial charge is 0.229 e. The minimum atomic E-state index is 0.171. The van der Waals surface area contributed by atoms with E-state index in [2.05, 4.69) is 4.98 Å². The first-order valence-corrected chi connectivity index (χ1v) is 3.65. The van der Waals surface area contributed by atoms with Crippen molar-refractivity contribution < 1.29 is 14.6 Å². The number of hydrogen-bond acceptors (Lipinski definition) is 3. The van der Waals surface area contributed by atoms with Crippen molar-refractivity contribution in [3.8, 4) is 5.88 Å². The van der Waals surface area contributed by atoms with Crippen molar-refractivity contribution in [2.24, 2.45) is 0 Å². The molecule has 0 aromatic carbocycles. The summed E-state index contributed by atoms with van der Waals surface area (Å²) in [6.45, 7) is 0.294. The van der Waals surface area contributed by atoms with Crippen molar-refractivity contribution in [3.05, 3.63) is 29.8 Å². The average Bonchev–Trinajstić information content (AvgIpc) is 2.63. The first-order valence-electron chi connectivity index (χ1n) is 3.65. The van der Waals surface area contributed by atoms with Gasteiger partial charge < -0.3 is 19.6 Å². The molecular weight excluding hydrogens is 158 g/mol. The quantitative estimate of drug-likeness (QED) is 0.693. The third-order valence-corrected chi connectivity index (χ3v) is 1.62. The maximum Gasteiger partial charge on any atom is 0.229 e. The molecule has 0 unspecified atom stereocenters. The monoisotopic (exact) mass is 167 g/mol. The third kappa shape index (κ3) is 1.37. The minimum absolute atomic E-state index is 0.171. The molecule has 4 nitrogen and oxygen atoms in total. The van der Waals surface area contributed by atoms with E-state index >= 15 is 0 Å². The molecule has 4 heteroatoms. The Morgan fingerprint density at radius 3 is 3.00 bits per heavy atom. The van der Waals surface area contributed by atoms with Crippen LogP contribution in [0, 0.1) is 0 Å². The summed E-state index contributed by atoms with van der Waals surface area (Å²) in [6, 6.07) is 3.41. The predicted octanol–water partition coefficient (Wildman–Crippen LogP) is 1.11. The summed E-state index contributed by atoms with van der Waals surface area (Å²) in [5.41, 5.74) is 0.907. The number of allylic oxidation sites excluding steroid dienone is 1. The van der Waals surface area contributed by atoms with Crippen LogP contribution in [0.15, 0.2) is 24.2 Å². The Kier molecular flexibility index (Phi) is 1.66. The van der Waals surface area contributed by atoms with E-state index in [1.165, 1.54) is 0 Å². The second kappa shape index (κ2) is 2.81. The molecule has 0 bridgehead atoms. The molecule has 1 aliphatic heterocycles. The fourth-order valence-corrected chi connectivity index (χ4v) is 1.08. The second-order valence-corrected chi connectivity index (χ2v) is 2.56.